The largest absolute Gasteiger partial charge is 0.444 e. The second-order valence-corrected chi connectivity index (χ2v) is 7.32. The Bertz CT molecular complexity index is 583. The lowest BCUT2D eigenvalue weighted by molar-refractivity contribution is -0.384. The Morgan fingerprint density at radius 3 is 2.43 bits per heavy atom. The minimum absolute atomic E-state index is 0.0855. The topological polar surface area (TPSA) is 72.7 Å². The zero-order chi connectivity index (χ0) is 17.2. The van der Waals surface area contributed by atoms with Crippen LogP contribution in [-0.2, 0) is 4.74 Å². The van der Waals surface area contributed by atoms with E-state index in [2.05, 4.69) is 12.6 Å². The molecule has 1 fully saturated rings. The highest BCUT2D eigenvalue weighted by molar-refractivity contribution is 7.80. The highest BCUT2D eigenvalue weighted by Crippen LogP contribution is 2.34. The van der Waals surface area contributed by atoms with Gasteiger partial charge in [-0.25, -0.2) is 4.79 Å². The Balaban J connectivity index is 2.00. The quantitative estimate of drug-likeness (QED) is 0.503. The van der Waals surface area contributed by atoms with Crippen LogP contribution < -0.4 is 0 Å². The number of non-ortho nitro benzene ring substituents is 1. The molecular weight excluding hydrogens is 316 g/mol. The second-order valence-electron chi connectivity index (χ2n) is 6.72. The number of thiol groups is 1. The number of benzene rings is 1. The van der Waals surface area contributed by atoms with Gasteiger partial charge in [0, 0.05) is 18.7 Å². The Hall–Kier alpha value is -1.76. The number of rotatable bonds is 2. The molecule has 7 heteroatoms. The molecule has 0 N–H and O–H groups in total. The first-order valence-electron chi connectivity index (χ1n) is 7.59. The van der Waals surface area contributed by atoms with E-state index in [9.17, 15) is 14.9 Å². The average Bonchev–Trinajstić information content (AvgIpc) is 2.45. The fourth-order valence-corrected chi connectivity index (χ4v) is 3.11. The monoisotopic (exact) mass is 338 g/mol. The second kappa shape index (κ2) is 6.78. The average molecular weight is 338 g/mol. The molecule has 1 aromatic carbocycles. The number of carbonyl (C=O) groups is 1. The molecule has 1 aromatic rings. The maximum Gasteiger partial charge on any atom is 0.411 e. The van der Waals surface area contributed by atoms with Crippen LogP contribution in [0, 0.1) is 10.1 Å². The van der Waals surface area contributed by atoms with Crippen molar-refractivity contribution >= 4 is 24.4 Å². The fourth-order valence-electron chi connectivity index (χ4n) is 2.65. The lowest BCUT2D eigenvalue weighted by Gasteiger charge is -2.37. The normalized spacial score (nSPS) is 21.8. The summed E-state index contributed by atoms with van der Waals surface area (Å²) >= 11 is 4.52. The van der Waals surface area contributed by atoms with Crippen molar-refractivity contribution in [1.29, 1.82) is 0 Å². The molecule has 1 saturated heterocycles. The molecule has 1 heterocycles. The van der Waals surface area contributed by atoms with Crippen molar-refractivity contribution in [2.45, 2.75) is 50.5 Å². The van der Waals surface area contributed by atoms with E-state index in [1.54, 1.807) is 17.0 Å². The molecule has 0 radical (unpaired) electrons. The van der Waals surface area contributed by atoms with Gasteiger partial charge in [0.2, 0.25) is 0 Å². The fraction of sp³-hybridized carbons (Fsp3) is 0.562. The van der Waals surface area contributed by atoms with Crippen LogP contribution in [0.2, 0.25) is 0 Å². The SMILES string of the molecule is CC(C)(C)OC(=O)N1CCC(c2ccc([N+](=O)[O-])cc2)CC1S. The maximum atomic E-state index is 12.2. The first kappa shape index (κ1) is 17.6. The molecule has 0 aliphatic carbocycles. The lowest BCUT2D eigenvalue weighted by atomic mass is 9.89. The highest BCUT2D eigenvalue weighted by Gasteiger charge is 2.33. The van der Waals surface area contributed by atoms with Crippen LogP contribution in [0.5, 0.6) is 0 Å². The van der Waals surface area contributed by atoms with E-state index in [1.807, 2.05) is 20.8 Å². The van der Waals surface area contributed by atoms with Gasteiger partial charge in [-0.05, 0) is 45.1 Å². The van der Waals surface area contributed by atoms with Crippen molar-refractivity contribution in [3.05, 3.63) is 39.9 Å². The summed E-state index contributed by atoms with van der Waals surface area (Å²) in [4.78, 5) is 24.1. The van der Waals surface area contributed by atoms with Crippen molar-refractivity contribution in [2.75, 3.05) is 6.54 Å². The van der Waals surface area contributed by atoms with Crippen LogP contribution in [-0.4, -0.2) is 33.4 Å². The molecule has 2 unspecified atom stereocenters. The predicted molar refractivity (Wildman–Crippen MR) is 90.8 cm³/mol. The van der Waals surface area contributed by atoms with E-state index in [4.69, 9.17) is 4.74 Å². The van der Waals surface area contributed by atoms with Crippen molar-refractivity contribution in [3.8, 4) is 0 Å². The van der Waals surface area contributed by atoms with Crippen molar-refractivity contribution in [3.63, 3.8) is 0 Å². The van der Waals surface area contributed by atoms with Gasteiger partial charge in [0.25, 0.3) is 5.69 Å². The van der Waals surface area contributed by atoms with Gasteiger partial charge in [-0.3, -0.25) is 15.0 Å². The molecule has 1 aliphatic heterocycles. The first-order chi connectivity index (χ1) is 10.7. The third kappa shape index (κ3) is 4.60. The number of hydrogen-bond acceptors (Lipinski definition) is 5. The van der Waals surface area contributed by atoms with Crippen LogP contribution in [0.25, 0.3) is 0 Å². The Labute approximate surface area is 141 Å². The smallest absolute Gasteiger partial charge is 0.411 e. The number of nitro benzene ring substituents is 1. The van der Waals surface area contributed by atoms with E-state index in [-0.39, 0.29) is 23.1 Å². The van der Waals surface area contributed by atoms with Crippen LogP contribution in [0.15, 0.2) is 24.3 Å². The molecule has 126 valence electrons. The molecule has 0 saturated carbocycles. The number of amides is 1. The van der Waals surface area contributed by atoms with Crippen LogP contribution in [0.4, 0.5) is 10.5 Å². The summed E-state index contributed by atoms with van der Waals surface area (Å²) in [5, 5.41) is 10.5. The predicted octanol–water partition coefficient (Wildman–Crippen LogP) is 3.97. The summed E-state index contributed by atoms with van der Waals surface area (Å²) in [5.41, 5.74) is 0.598. The number of ether oxygens (including phenoxy) is 1. The van der Waals surface area contributed by atoms with Gasteiger partial charge in [0.1, 0.15) is 5.60 Å². The number of piperidine rings is 1. The third-order valence-electron chi connectivity index (χ3n) is 3.78. The third-order valence-corrected chi connectivity index (χ3v) is 4.27. The van der Waals surface area contributed by atoms with Crippen LogP contribution in [0.1, 0.15) is 45.1 Å². The molecule has 0 bridgehead atoms. The molecule has 1 aliphatic rings. The maximum absolute atomic E-state index is 12.2. The first-order valence-corrected chi connectivity index (χ1v) is 8.11. The number of nitro groups is 1. The minimum Gasteiger partial charge on any atom is -0.444 e. The van der Waals surface area contributed by atoms with E-state index < -0.39 is 10.5 Å². The minimum atomic E-state index is -0.528. The van der Waals surface area contributed by atoms with Gasteiger partial charge in [0.15, 0.2) is 0 Å². The molecule has 6 nitrogen and oxygen atoms in total. The van der Waals surface area contributed by atoms with E-state index in [0.29, 0.717) is 13.0 Å². The zero-order valence-electron chi connectivity index (χ0n) is 13.6. The van der Waals surface area contributed by atoms with Crippen LogP contribution >= 0.6 is 12.6 Å². The van der Waals surface area contributed by atoms with Gasteiger partial charge in [-0.15, -0.1) is 0 Å². The molecule has 2 rings (SSSR count). The number of nitrogens with zero attached hydrogens (tertiary/aromatic N) is 2. The zero-order valence-corrected chi connectivity index (χ0v) is 14.5. The molecule has 1 amide bonds. The van der Waals surface area contributed by atoms with E-state index in [0.717, 1.165) is 12.0 Å². The van der Waals surface area contributed by atoms with E-state index >= 15 is 0 Å². The summed E-state index contributed by atoms with van der Waals surface area (Å²) in [5.74, 6) is 0.233. The van der Waals surface area contributed by atoms with E-state index in [1.165, 1.54) is 12.1 Å². The molecule has 0 aromatic heterocycles. The van der Waals surface area contributed by atoms with Crippen molar-refractivity contribution < 1.29 is 14.5 Å². The molecule has 2 atom stereocenters. The van der Waals surface area contributed by atoms with Crippen LogP contribution in [0.3, 0.4) is 0 Å². The standard InChI is InChI=1S/C16H22N2O4S/c1-16(2,3)22-15(19)17-9-8-12(10-14(17)23)11-4-6-13(7-5-11)18(20)21/h4-7,12,14,23H,8-10H2,1-3H3. The Kier molecular flexibility index (Phi) is 5.19. The summed E-state index contributed by atoms with van der Waals surface area (Å²) in [7, 11) is 0. The number of likely N-dealkylation sites (tertiary alicyclic amines) is 1. The lowest BCUT2D eigenvalue weighted by Crippen LogP contribution is -2.45. The van der Waals surface area contributed by atoms with Gasteiger partial charge in [-0.1, -0.05) is 12.1 Å². The highest BCUT2D eigenvalue weighted by atomic mass is 32.1. The van der Waals surface area contributed by atoms with Gasteiger partial charge >= 0.3 is 6.09 Å². The molecular formula is C16H22N2O4S. The Morgan fingerprint density at radius 2 is 1.96 bits per heavy atom. The summed E-state index contributed by atoms with van der Waals surface area (Å²) in [6, 6.07) is 6.60. The van der Waals surface area contributed by atoms with Crippen molar-refractivity contribution in [2.24, 2.45) is 0 Å². The van der Waals surface area contributed by atoms with Crippen molar-refractivity contribution in [1.82, 2.24) is 4.90 Å². The van der Waals surface area contributed by atoms with Gasteiger partial charge < -0.3 is 4.74 Å². The summed E-state index contributed by atoms with van der Waals surface area (Å²) < 4.78 is 5.39. The summed E-state index contributed by atoms with van der Waals surface area (Å²) in [6.07, 6.45) is 1.13. The molecule has 23 heavy (non-hydrogen) atoms. The van der Waals surface area contributed by atoms with Gasteiger partial charge in [-0.2, -0.15) is 12.6 Å². The number of carbonyl (C=O) groups excluding carboxylic acids is 1. The summed E-state index contributed by atoms with van der Waals surface area (Å²) in [6.45, 7) is 6.07. The van der Waals surface area contributed by atoms with Gasteiger partial charge in [0.05, 0.1) is 10.3 Å². The Morgan fingerprint density at radius 1 is 1.35 bits per heavy atom. The number of hydrogen-bond donors (Lipinski definition) is 1. The molecule has 0 spiro atoms.